The summed E-state index contributed by atoms with van der Waals surface area (Å²) >= 11 is 7.65. The summed E-state index contributed by atoms with van der Waals surface area (Å²) < 4.78 is 31.0. The zero-order valence-electron chi connectivity index (χ0n) is 15.6. The fourth-order valence-electron chi connectivity index (χ4n) is 3.30. The highest BCUT2D eigenvalue weighted by molar-refractivity contribution is 7.16. The summed E-state index contributed by atoms with van der Waals surface area (Å²) in [6.07, 6.45) is 5.00. The van der Waals surface area contributed by atoms with Crippen molar-refractivity contribution in [3.8, 4) is 11.3 Å². The van der Waals surface area contributed by atoms with Crippen LogP contribution in [0.2, 0.25) is 5.02 Å². The first-order valence-corrected chi connectivity index (χ1v) is 9.98. The number of rotatable bonds is 4. The van der Waals surface area contributed by atoms with Gasteiger partial charge in [-0.15, -0.1) is 0 Å². The maximum atomic E-state index is 13.5. The minimum atomic E-state index is -0.784. The molecule has 2 aromatic carbocycles. The molecule has 0 aliphatic heterocycles. The third-order valence-electron chi connectivity index (χ3n) is 4.55. The number of hydrogen-bond donors (Lipinski definition) is 0. The standard InChI is InChI=1S/C22H16ClF2N2OS/c1-13-12-27-19(7-8-20(28)15-9-17(24)11-18(25)10-15)21(26(2)22(27)29-13)14-3-5-16(23)6-4-14/h3-12H,1-2H3/q+1. The number of halogens is 3. The fraction of sp³-hybridized carbons (Fsp3) is 0.0909. The third kappa shape index (κ3) is 3.73. The van der Waals surface area contributed by atoms with Crippen LogP contribution in [0.15, 0.2) is 54.7 Å². The molecule has 0 spiro atoms. The molecular formula is C22H16ClF2N2OS+. The average molecular weight is 430 g/mol. The van der Waals surface area contributed by atoms with E-state index in [1.165, 1.54) is 6.08 Å². The van der Waals surface area contributed by atoms with Crippen molar-refractivity contribution in [1.82, 2.24) is 4.40 Å². The van der Waals surface area contributed by atoms with Crippen LogP contribution in [0.1, 0.15) is 20.9 Å². The number of carbonyl (C=O) groups excluding carboxylic acids is 1. The van der Waals surface area contributed by atoms with E-state index in [0.29, 0.717) is 5.02 Å². The number of aryl methyl sites for hydroxylation is 2. The normalized spacial score (nSPS) is 11.6. The van der Waals surface area contributed by atoms with Crippen molar-refractivity contribution in [1.29, 1.82) is 0 Å². The maximum absolute atomic E-state index is 13.5. The molecule has 0 radical (unpaired) electrons. The van der Waals surface area contributed by atoms with Crippen LogP contribution in [0.4, 0.5) is 8.78 Å². The van der Waals surface area contributed by atoms with Crippen LogP contribution < -0.4 is 4.57 Å². The summed E-state index contributed by atoms with van der Waals surface area (Å²) in [4.78, 5) is 14.6. The lowest BCUT2D eigenvalue weighted by Crippen LogP contribution is -2.28. The number of imidazole rings is 1. The summed E-state index contributed by atoms with van der Waals surface area (Å²) in [6.45, 7) is 2.01. The second-order valence-corrected chi connectivity index (χ2v) is 8.30. The molecule has 0 bridgehead atoms. The van der Waals surface area contributed by atoms with E-state index >= 15 is 0 Å². The van der Waals surface area contributed by atoms with Gasteiger partial charge in [-0.3, -0.25) is 4.79 Å². The van der Waals surface area contributed by atoms with Crippen molar-refractivity contribution >= 4 is 39.8 Å². The average Bonchev–Trinajstić information content (AvgIpc) is 3.16. The van der Waals surface area contributed by atoms with Gasteiger partial charge in [-0.05, 0) is 55.5 Å². The molecule has 2 aromatic heterocycles. The first-order chi connectivity index (χ1) is 13.8. The number of hydrogen-bond acceptors (Lipinski definition) is 2. The van der Waals surface area contributed by atoms with Crippen molar-refractivity contribution < 1.29 is 18.1 Å². The van der Waals surface area contributed by atoms with E-state index in [9.17, 15) is 13.6 Å². The number of aromatic nitrogens is 2. The van der Waals surface area contributed by atoms with Gasteiger partial charge >= 0.3 is 4.96 Å². The van der Waals surface area contributed by atoms with Gasteiger partial charge < -0.3 is 0 Å². The fourth-order valence-corrected chi connectivity index (χ4v) is 4.35. The maximum Gasteiger partial charge on any atom is 0.346 e. The highest BCUT2D eigenvalue weighted by Gasteiger charge is 2.25. The van der Waals surface area contributed by atoms with E-state index in [2.05, 4.69) is 0 Å². The molecule has 0 saturated heterocycles. The van der Waals surface area contributed by atoms with Gasteiger partial charge in [0.15, 0.2) is 17.2 Å². The minimum Gasteiger partial charge on any atom is -0.289 e. The first kappa shape index (κ1) is 19.5. The lowest BCUT2D eigenvalue weighted by molar-refractivity contribution is -0.631. The van der Waals surface area contributed by atoms with Crippen LogP contribution in [0, 0.1) is 18.6 Å². The van der Waals surface area contributed by atoms with Gasteiger partial charge in [0.25, 0.3) is 0 Å². The molecule has 4 rings (SSSR count). The predicted octanol–water partition coefficient (Wildman–Crippen LogP) is 5.63. The SMILES string of the molecule is Cc1cn2c(C=CC(=O)c3cc(F)cc(F)c3)c(-c3ccc(Cl)cc3)[n+](C)c2s1. The Labute approximate surface area is 175 Å². The van der Waals surface area contributed by atoms with E-state index < -0.39 is 17.4 Å². The molecule has 29 heavy (non-hydrogen) atoms. The molecule has 0 saturated carbocycles. The Kier molecular flexibility index (Phi) is 5.06. The Morgan fingerprint density at radius 2 is 1.79 bits per heavy atom. The van der Waals surface area contributed by atoms with E-state index in [0.717, 1.165) is 45.0 Å². The molecule has 0 aliphatic carbocycles. The van der Waals surface area contributed by atoms with E-state index in [-0.39, 0.29) is 5.56 Å². The lowest BCUT2D eigenvalue weighted by atomic mass is 10.1. The van der Waals surface area contributed by atoms with Crippen molar-refractivity contribution in [2.45, 2.75) is 6.92 Å². The molecule has 0 fully saturated rings. The largest absolute Gasteiger partial charge is 0.346 e. The molecule has 0 unspecified atom stereocenters. The Morgan fingerprint density at radius 3 is 2.45 bits per heavy atom. The van der Waals surface area contributed by atoms with Gasteiger partial charge in [-0.1, -0.05) is 22.9 Å². The zero-order chi connectivity index (χ0) is 20.7. The number of carbonyl (C=O) groups is 1. The molecule has 3 nitrogen and oxygen atoms in total. The third-order valence-corrected chi connectivity index (χ3v) is 5.88. The summed E-state index contributed by atoms with van der Waals surface area (Å²) in [5, 5.41) is 0.633. The minimum absolute atomic E-state index is 0.0366. The van der Waals surface area contributed by atoms with Crippen LogP contribution in [0.3, 0.4) is 0 Å². The summed E-state index contributed by atoms with van der Waals surface area (Å²) in [5.41, 5.74) is 2.60. The van der Waals surface area contributed by atoms with Crippen molar-refractivity contribution in [3.63, 3.8) is 0 Å². The number of nitrogens with zero attached hydrogens (tertiary/aromatic N) is 2. The number of allylic oxidation sites excluding steroid dienone is 1. The van der Waals surface area contributed by atoms with E-state index in [1.807, 2.05) is 53.4 Å². The quantitative estimate of drug-likeness (QED) is 0.234. The lowest BCUT2D eigenvalue weighted by Gasteiger charge is -2.00. The predicted molar refractivity (Wildman–Crippen MR) is 111 cm³/mol. The molecule has 0 N–H and O–H groups in total. The molecule has 4 aromatic rings. The van der Waals surface area contributed by atoms with Crippen LogP contribution in [-0.4, -0.2) is 10.2 Å². The topological polar surface area (TPSA) is 25.4 Å². The van der Waals surface area contributed by atoms with Crippen molar-refractivity contribution in [2.24, 2.45) is 7.05 Å². The Bertz CT molecular complexity index is 1250. The molecule has 7 heteroatoms. The molecule has 146 valence electrons. The number of fused-ring (bicyclic) bond motifs is 1. The van der Waals surface area contributed by atoms with Gasteiger partial charge in [-0.2, -0.15) is 4.40 Å². The second-order valence-electron chi connectivity index (χ2n) is 6.65. The van der Waals surface area contributed by atoms with Gasteiger partial charge in [0.05, 0.1) is 7.05 Å². The number of benzene rings is 2. The molecule has 2 heterocycles. The molecular weight excluding hydrogens is 414 g/mol. The molecule has 0 aliphatic rings. The van der Waals surface area contributed by atoms with Gasteiger partial charge in [0, 0.05) is 27.1 Å². The Morgan fingerprint density at radius 1 is 1.14 bits per heavy atom. The van der Waals surface area contributed by atoms with Gasteiger partial charge in [-0.25, -0.2) is 13.3 Å². The monoisotopic (exact) mass is 429 g/mol. The van der Waals surface area contributed by atoms with Crippen LogP contribution >= 0.6 is 22.9 Å². The summed E-state index contributed by atoms with van der Waals surface area (Å²) in [7, 11) is 1.95. The molecule has 0 amide bonds. The smallest absolute Gasteiger partial charge is 0.289 e. The highest BCUT2D eigenvalue weighted by Crippen LogP contribution is 2.28. The number of ketones is 1. The number of thiazole rings is 1. The van der Waals surface area contributed by atoms with Crippen LogP contribution in [-0.2, 0) is 7.05 Å². The summed E-state index contributed by atoms with van der Waals surface area (Å²) in [5.74, 6) is -2.04. The van der Waals surface area contributed by atoms with E-state index in [4.69, 9.17) is 11.6 Å². The highest BCUT2D eigenvalue weighted by atomic mass is 35.5. The molecule has 0 atom stereocenters. The summed E-state index contributed by atoms with van der Waals surface area (Å²) in [6, 6.07) is 10.2. The van der Waals surface area contributed by atoms with Crippen molar-refractivity contribution in [3.05, 3.63) is 87.5 Å². The van der Waals surface area contributed by atoms with Gasteiger partial charge in [0.2, 0.25) is 0 Å². The Balaban J connectivity index is 1.83. The van der Waals surface area contributed by atoms with E-state index in [1.54, 1.807) is 17.4 Å². The van der Waals surface area contributed by atoms with Crippen LogP contribution in [0.25, 0.3) is 22.3 Å². The second kappa shape index (κ2) is 7.54. The zero-order valence-corrected chi connectivity index (χ0v) is 17.2. The Hall–Kier alpha value is -2.83. The van der Waals surface area contributed by atoms with Crippen LogP contribution in [0.5, 0.6) is 0 Å². The van der Waals surface area contributed by atoms with Gasteiger partial charge in [0.1, 0.15) is 17.8 Å². The first-order valence-electron chi connectivity index (χ1n) is 8.78. The van der Waals surface area contributed by atoms with Crippen molar-refractivity contribution in [2.75, 3.05) is 0 Å².